The molecule has 0 radical (unpaired) electrons. The third-order valence-corrected chi connectivity index (χ3v) is 4.98. The van der Waals surface area contributed by atoms with Crippen molar-refractivity contribution < 1.29 is 4.74 Å². The van der Waals surface area contributed by atoms with Gasteiger partial charge in [0.25, 0.3) is 0 Å². The minimum Gasteiger partial charge on any atom is -0.380 e. The van der Waals surface area contributed by atoms with E-state index in [9.17, 15) is 0 Å². The average Bonchev–Trinajstić information content (AvgIpc) is 2.68. The summed E-state index contributed by atoms with van der Waals surface area (Å²) in [5, 5.41) is 0. The van der Waals surface area contributed by atoms with Crippen LogP contribution in [-0.2, 0) is 11.3 Å². The van der Waals surface area contributed by atoms with Gasteiger partial charge in [-0.1, -0.05) is 30.2 Å². The van der Waals surface area contributed by atoms with Crippen LogP contribution in [0.3, 0.4) is 0 Å². The number of aromatic nitrogens is 2. The van der Waals surface area contributed by atoms with E-state index in [1.165, 1.54) is 0 Å². The van der Waals surface area contributed by atoms with Crippen molar-refractivity contribution >= 4 is 5.95 Å². The number of rotatable bonds is 4. The van der Waals surface area contributed by atoms with Gasteiger partial charge in [-0.2, -0.15) is 0 Å². The van der Waals surface area contributed by atoms with Crippen LogP contribution in [-0.4, -0.2) is 53.2 Å². The van der Waals surface area contributed by atoms with E-state index in [0.29, 0.717) is 12.6 Å². The number of piperazine rings is 1. The quantitative estimate of drug-likeness (QED) is 0.779. The van der Waals surface area contributed by atoms with Crippen LogP contribution in [0.4, 0.5) is 5.95 Å². The molecule has 0 saturated carbocycles. The zero-order valence-corrected chi connectivity index (χ0v) is 16.6. The van der Waals surface area contributed by atoms with Gasteiger partial charge in [0.1, 0.15) is 6.04 Å². The summed E-state index contributed by atoms with van der Waals surface area (Å²) in [4.78, 5) is 13.9. The van der Waals surface area contributed by atoms with E-state index in [1.54, 1.807) is 7.11 Å². The lowest BCUT2D eigenvalue weighted by molar-refractivity contribution is 0.118. The number of ether oxygens (including phenoxy) is 1. The Morgan fingerprint density at radius 3 is 2.56 bits per heavy atom. The van der Waals surface area contributed by atoms with Crippen molar-refractivity contribution in [3.05, 3.63) is 42.1 Å². The lowest BCUT2D eigenvalue weighted by Crippen LogP contribution is -2.58. The summed E-state index contributed by atoms with van der Waals surface area (Å²) in [7, 11) is 1.70. The van der Waals surface area contributed by atoms with Gasteiger partial charge in [0.15, 0.2) is 0 Å². The molecule has 1 aliphatic rings. The molecule has 1 unspecified atom stereocenters. The molecule has 5 heteroatoms. The standard InChI is InChI=1S/C22H28N4O/c1-6-19-15-25(22(2,3)4)13-14-26(19)21-23-12-11-20(24-21)18-9-7-17(8-10-18)16-27-5/h1,7-12,19H,13-16H2,2-5H3. The second kappa shape index (κ2) is 8.08. The smallest absolute Gasteiger partial charge is 0.226 e. The van der Waals surface area contributed by atoms with E-state index in [4.69, 9.17) is 16.1 Å². The fourth-order valence-electron chi connectivity index (χ4n) is 3.36. The molecule has 1 saturated heterocycles. The summed E-state index contributed by atoms with van der Waals surface area (Å²) >= 11 is 0. The van der Waals surface area contributed by atoms with Gasteiger partial charge < -0.3 is 9.64 Å². The Morgan fingerprint density at radius 2 is 1.93 bits per heavy atom. The molecule has 1 aromatic carbocycles. The molecule has 3 rings (SSSR count). The number of hydrogen-bond acceptors (Lipinski definition) is 5. The van der Waals surface area contributed by atoms with Crippen LogP contribution in [0.25, 0.3) is 11.3 Å². The fourth-order valence-corrected chi connectivity index (χ4v) is 3.36. The predicted molar refractivity (Wildman–Crippen MR) is 109 cm³/mol. The van der Waals surface area contributed by atoms with Crippen LogP contribution in [0, 0.1) is 12.3 Å². The third-order valence-electron chi connectivity index (χ3n) is 4.98. The molecule has 0 amide bonds. The highest BCUT2D eigenvalue weighted by Crippen LogP contribution is 2.24. The van der Waals surface area contributed by atoms with E-state index in [-0.39, 0.29) is 11.6 Å². The maximum Gasteiger partial charge on any atom is 0.226 e. The highest BCUT2D eigenvalue weighted by molar-refractivity contribution is 5.60. The third kappa shape index (κ3) is 4.47. The first-order valence-corrected chi connectivity index (χ1v) is 9.31. The van der Waals surface area contributed by atoms with Gasteiger partial charge in [-0.05, 0) is 32.4 Å². The maximum absolute atomic E-state index is 5.85. The van der Waals surface area contributed by atoms with Crippen LogP contribution in [0.15, 0.2) is 36.5 Å². The zero-order valence-electron chi connectivity index (χ0n) is 16.6. The van der Waals surface area contributed by atoms with Crippen molar-refractivity contribution in [1.82, 2.24) is 14.9 Å². The molecule has 5 nitrogen and oxygen atoms in total. The first-order valence-electron chi connectivity index (χ1n) is 9.31. The molecule has 0 aliphatic carbocycles. The Balaban J connectivity index is 1.82. The molecule has 0 bridgehead atoms. The van der Waals surface area contributed by atoms with E-state index in [0.717, 1.165) is 36.5 Å². The van der Waals surface area contributed by atoms with Crippen molar-refractivity contribution in [2.45, 2.75) is 39.0 Å². The molecule has 2 aromatic rings. The van der Waals surface area contributed by atoms with Crippen molar-refractivity contribution in [2.75, 3.05) is 31.6 Å². The number of hydrogen-bond donors (Lipinski definition) is 0. The summed E-state index contributed by atoms with van der Waals surface area (Å²) in [5.74, 6) is 3.62. The summed E-state index contributed by atoms with van der Waals surface area (Å²) in [6.07, 6.45) is 7.66. The van der Waals surface area contributed by atoms with Gasteiger partial charge in [-0.3, -0.25) is 4.90 Å². The summed E-state index contributed by atoms with van der Waals surface area (Å²) in [6, 6.07) is 10.2. The molecular weight excluding hydrogens is 336 g/mol. The number of anilines is 1. The molecule has 0 N–H and O–H groups in total. The van der Waals surface area contributed by atoms with Crippen LogP contribution in [0.2, 0.25) is 0 Å². The summed E-state index contributed by atoms with van der Waals surface area (Å²) in [5.41, 5.74) is 3.21. The van der Waals surface area contributed by atoms with Crippen molar-refractivity contribution in [3.8, 4) is 23.6 Å². The Morgan fingerprint density at radius 1 is 1.19 bits per heavy atom. The lowest BCUT2D eigenvalue weighted by Gasteiger charge is -2.45. The predicted octanol–water partition coefficient (Wildman–Crippen LogP) is 3.21. The molecule has 27 heavy (non-hydrogen) atoms. The lowest BCUT2D eigenvalue weighted by atomic mass is 10.0. The first-order chi connectivity index (χ1) is 12.9. The summed E-state index contributed by atoms with van der Waals surface area (Å²) < 4.78 is 5.17. The van der Waals surface area contributed by atoms with Gasteiger partial charge >= 0.3 is 0 Å². The van der Waals surface area contributed by atoms with Crippen LogP contribution >= 0.6 is 0 Å². The van der Waals surface area contributed by atoms with Crippen LogP contribution < -0.4 is 4.90 Å². The van der Waals surface area contributed by atoms with Gasteiger partial charge in [0, 0.05) is 44.0 Å². The minimum atomic E-state index is -0.0303. The Bertz CT molecular complexity index is 804. The van der Waals surface area contributed by atoms with Gasteiger partial charge in [-0.15, -0.1) is 6.42 Å². The van der Waals surface area contributed by atoms with Crippen molar-refractivity contribution in [1.29, 1.82) is 0 Å². The number of benzene rings is 1. The highest BCUT2D eigenvalue weighted by atomic mass is 16.5. The molecule has 1 aromatic heterocycles. The van der Waals surface area contributed by atoms with E-state index < -0.39 is 0 Å². The van der Waals surface area contributed by atoms with E-state index in [1.807, 2.05) is 12.3 Å². The van der Waals surface area contributed by atoms with E-state index >= 15 is 0 Å². The largest absolute Gasteiger partial charge is 0.380 e. The number of methoxy groups -OCH3 is 1. The summed E-state index contributed by atoms with van der Waals surface area (Å²) in [6.45, 7) is 9.86. The Kier molecular flexibility index (Phi) is 5.79. The number of terminal acetylenes is 1. The van der Waals surface area contributed by atoms with Gasteiger partial charge in [0.05, 0.1) is 12.3 Å². The molecular formula is C22H28N4O. The van der Waals surface area contributed by atoms with Gasteiger partial charge in [0.2, 0.25) is 5.95 Å². The Labute approximate surface area is 162 Å². The normalized spacial score (nSPS) is 18.3. The van der Waals surface area contributed by atoms with Crippen LogP contribution in [0.5, 0.6) is 0 Å². The van der Waals surface area contributed by atoms with Crippen molar-refractivity contribution in [3.63, 3.8) is 0 Å². The molecule has 142 valence electrons. The monoisotopic (exact) mass is 364 g/mol. The number of nitrogens with zero attached hydrogens (tertiary/aromatic N) is 4. The SMILES string of the molecule is C#CC1CN(C(C)(C)C)CCN1c1nccc(-c2ccc(COC)cc2)n1. The first kappa shape index (κ1) is 19.3. The zero-order chi connectivity index (χ0) is 19.4. The molecule has 2 heterocycles. The minimum absolute atomic E-state index is 0.0303. The maximum atomic E-state index is 5.85. The van der Waals surface area contributed by atoms with Crippen LogP contribution in [0.1, 0.15) is 26.3 Å². The second-order valence-electron chi connectivity index (χ2n) is 7.86. The average molecular weight is 364 g/mol. The second-order valence-corrected chi connectivity index (χ2v) is 7.86. The van der Waals surface area contributed by atoms with Gasteiger partial charge in [-0.25, -0.2) is 9.97 Å². The molecule has 1 atom stereocenters. The fraction of sp³-hybridized carbons (Fsp3) is 0.455. The highest BCUT2D eigenvalue weighted by Gasteiger charge is 2.32. The Hall–Kier alpha value is -2.42. The van der Waals surface area contributed by atoms with Crippen molar-refractivity contribution in [2.24, 2.45) is 0 Å². The molecule has 0 spiro atoms. The van der Waals surface area contributed by atoms with E-state index in [2.05, 4.69) is 65.7 Å². The molecule has 1 aliphatic heterocycles. The molecule has 1 fully saturated rings. The topological polar surface area (TPSA) is 41.5 Å².